The van der Waals surface area contributed by atoms with Crippen LogP contribution in [-0.2, 0) is 0 Å². The first-order valence-electron chi connectivity index (χ1n) is 5.18. The summed E-state index contributed by atoms with van der Waals surface area (Å²) in [5.74, 6) is 0. The third kappa shape index (κ3) is 3.25. The van der Waals surface area contributed by atoms with Gasteiger partial charge < -0.3 is 0 Å². The van der Waals surface area contributed by atoms with Gasteiger partial charge in [-0.2, -0.15) is 0 Å². The minimum absolute atomic E-state index is 1.28. The molecule has 0 saturated carbocycles. The van der Waals surface area contributed by atoms with E-state index in [-0.39, 0.29) is 0 Å². The van der Waals surface area contributed by atoms with E-state index in [1.165, 1.54) is 22.3 Å². The van der Waals surface area contributed by atoms with Crippen molar-refractivity contribution in [2.75, 3.05) is 0 Å². The van der Waals surface area contributed by atoms with Gasteiger partial charge in [0.2, 0.25) is 0 Å². The first-order chi connectivity index (χ1) is 7.15. The summed E-state index contributed by atoms with van der Waals surface area (Å²) in [5.41, 5.74) is 5.17. The summed E-state index contributed by atoms with van der Waals surface area (Å²) in [7, 11) is 0. The summed E-state index contributed by atoms with van der Waals surface area (Å²) in [4.78, 5) is 0. The van der Waals surface area contributed by atoms with Gasteiger partial charge in [0, 0.05) is 0 Å². The van der Waals surface area contributed by atoms with Gasteiger partial charge in [-0.25, -0.2) is 0 Å². The monoisotopic (exact) mass is 198 g/mol. The molecular formula is C15H18. The van der Waals surface area contributed by atoms with E-state index in [4.69, 9.17) is 0 Å². The van der Waals surface area contributed by atoms with Gasteiger partial charge in [0.15, 0.2) is 0 Å². The molecule has 0 spiro atoms. The van der Waals surface area contributed by atoms with E-state index in [0.717, 1.165) is 0 Å². The molecular weight excluding hydrogens is 180 g/mol. The normalized spacial score (nSPS) is 12.7. The summed E-state index contributed by atoms with van der Waals surface area (Å²) in [5, 5.41) is 0. The molecule has 0 nitrogen and oxygen atoms in total. The molecule has 0 aliphatic rings. The van der Waals surface area contributed by atoms with Crippen LogP contribution in [0.25, 0.3) is 5.57 Å². The van der Waals surface area contributed by atoms with Crippen LogP contribution in [0.1, 0.15) is 25.0 Å². The molecule has 0 N–H and O–H groups in total. The van der Waals surface area contributed by atoms with Crippen LogP contribution in [0.3, 0.4) is 0 Å². The average molecular weight is 198 g/mol. The van der Waals surface area contributed by atoms with Crippen molar-refractivity contribution in [2.45, 2.75) is 20.8 Å². The average Bonchev–Trinajstić information content (AvgIpc) is 2.26. The molecule has 0 heterocycles. The second kappa shape index (κ2) is 5.35. The quantitative estimate of drug-likeness (QED) is 0.626. The second-order valence-electron chi connectivity index (χ2n) is 3.77. The summed E-state index contributed by atoms with van der Waals surface area (Å²) < 4.78 is 0. The Hall–Kier alpha value is -1.56. The predicted octanol–water partition coefficient (Wildman–Crippen LogP) is 4.53. The van der Waals surface area contributed by atoms with Crippen molar-refractivity contribution in [2.24, 2.45) is 0 Å². The van der Waals surface area contributed by atoms with Gasteiger partial charge in [0.05, 0.1) is 0 Å². The van der Waals surface area contributed by atoms with Crippen LogP contribution >= 0.6 is 0 Å². The van der Waals surface area contributed by atoms with E-state index in [2.05, 4.69) is 57.7 Å². The van der Waals surface area contributed by atoms with Gasteiger partial charge in [0.25, 0.3) is 0 Å². The molecule has 15 heavy (non-hydrogen) atoms. The lowest BCUT2D eigenvalue weighted by Crippen LogP contribution is -1.83. The molecule has 0 unspecified atom stereocenters. The minimum Gasteiger partial charge on any atom is -0.0991 e. The molecule has 0 radical (unpaired) electrons. The highest BCUT2D eigenvalue weighted by atomic mass is 14.0. The molecule has 0 fully saturated rings. The Balaban J connectivity index is 3.01. The summed E-state index contributed by atoms with van der Waals surface area (Å²) in [6.07, 6.45) is 5.85. The first-order valence-corrected chi connectivity index (χ1v) is 5.18. The Bertz CT molecular complexity index is 389. The highest BCUT2D eigenvalue weighted by molar-refractivity contribution is 5.68. The smallest absolute Gasteiger partial charge is 0.0225 e. The lowest BCUT2D eigenvalue weighted by Gasteiger charge is -2.04. The van der Waals surface area contributed by atoms with Crippen molar-refractivity contribution in [1.82, 2.24) is 0 Å². The van der Waals surface area contributed by atoms with Crippen molar-refractivity contribution >= 4 is 5.57 Å². The molecule has 1 aromatic rings. The van der Waals surface area contributed by atoms with Gasteiger partial charge in [0.1, 0.15) is 0 Å². The van der Waals surface area contributed by atoms with Crippen LogP contribution in [0, 0.1) is 6.92 Å². The van der Waals surface area contributed by atoms with E-state index < -0.39 is 0 Å². The largest absolute Gasteiger partial charge is 0.0991 e. The van der Waals surface area contributed by atoms with Crippen LogP contribution in [0.4, 0.5) is 0 Å². The molecule has 0 aromatic heterocycles. The van der Waals surface area contributed by atoms with Gasteiger partial charge >= 0.3 is 0 Å². The Labute approximate surface area is 92.6 Å². The molecule has 0 atom stereocenters. The lowest BCUT2D eigenvalue weighted by atomic mass is 10.0. The van der Waals surface area contributed by atoms with E-state index >= 15 is 0 Å². The zero-order chi connectivity index (χ0) is 11.3. The Morgan fingerprint density at radius 1 is 1.13 bits per heavy atom. The van der Waals surface area contributed by atoms with Gasteiger partial charge in [-0.15, -0.1) is 0 Å². The number of rotatable bonds is 3. The van der Waals surface area contributed by atoms with Crippen LogP contribution in [-0.4, -0.2) is 0 Å². The third-order valence-electron chi connectivity index (χ3n) is 2.56. The van der Waals surface area contributed by atoms with E-state index in [9.17, 15) is 0 Å². The van der Waals surface area contributed by atoms with Crippen molar-refractivity contribution in [3.63, 3.8) is 0 Å². The molecule has 0 aliphatic carbocycles. The Morgan fingerprint density at radius 2 is 1.73 bits per heavy atom. The highest BCUT2D eigenvalue weighted by Gasteiger charge is 1.97. The van der Waals surface area contributed by atoms with Crippen molar-refractivity contribution < 1.29 is 0 Å². The summed E-state index contributed by atoms with van der Waals surface area (Å²) >= 11 is 0. The number of aryl methyl sites for hydroxylation is 1. The fourth-order valence-electron chi connectivity index (χ4n) is 1.37. The SMILES string of the molecule is C=C/C=C\C(C)=C(/C)c1ccc(C)cc1. The fraction of sp³-hybridized carbons (Fsp3) is 0.200. The Kier molecular flexibility index (Phi) is 4.11. The number of hydrogen-bond donors (Lipinski definition) is 0. The van der Waals surface area contributed by atoms with Gasteiger partial charge in [-0.1, -0.05) is 54.6 Å². The third-order valence-corrected chi connectivity index (χ3v) is 2.56. The molecule has 1 rings (SSSR count). The summed E-state index contributed by atoms with van der Waals surface area (Å²) in [6.45, 7) is 10.0. The molecule has 1 aromatic carbocycles. The maximum Gasteiger partial charge on any atom is -0.0225 e. The van der Waals surface area contributed by atoms with Gasteiger partial charge in [-0.05, 0) is 37.5 Å². The zero-order valence-electron chi connectivity index (χ0n) is 9.75. The van der Waals surface area contributed by atoms with Crippen LogP contribution in [0.2, 0.25) is 0 Å². The standard InChI is InChI=1S/C15H18/c1-5-6-7-13(3)14(4)15-10-8-12(2)9-11-15/h5-11H,1H2,2-4H3/b7-6-,14-13+. The molecule has 0 heteroatoms. The predicted molar refractivity (Wildman–Crippen MR) is 68.8 cm³/mol. The lowest BCUT2D eigenvalue weighted by molar-refractivity contribution is 1.41. The number of allylic oxidation sites excluding steroid dienone is 5. The van der Waals surface area contributed by atoms with Crippen LogP contribution < -0.4 is 0 Å². The van der Waals surface area contributed by atoms with E-state index in [1.807, 2.05) is 6.08 Å². The molecule has 0 aliphatic heterocycles. The van der Waals surface area contributed by atoms with Crippen molar-refractivity contribution in [1.29, 1.82) is 0 Å². The number of hydrogen-bond acceptors (Lipinski definition) is 0. The van der Waals surface area contributed by atoms with Crippen LogP contribution in [0.15, 0.2) is 54.6 Å². The fourth-order valence-corrected chi connectivity index (χ4v) is 1.37. The van der Waals surface area contributed by atoms with E-state index in [0.29, 0.717) is 0 Å². The maximum atomic E-state index is 3.67. The summed E-state index contributed by atoms with van der Waals surface area (Å²) in [6, 6.07) is 8.61. The molecule has 78 valence electrons. The second-order valence-corrected chi connectivity index (χ2v) is 3.77. The molecule has 0 amide bonds. The van der Waals surface area contributed by atoms with E-state index in [1.54, 1.807) is 6.08 Å². The zero-order valence-corrected chi connectivity index (χ0v) is 9.75. The molecule has 0 bridgehead atoms. The highest BCUT2D eigenvalue weighted by Crippen LogP contribution is 2.19. The Morgan fingerprint density at radius 3 is 2.27 bits per heavy atom. The maximum absolute atomic E-state index is 3.67. The molecule has 0 saturated heterocycles. The minimum atomic E-state index is 1.28. The topological polar surface area (TPSA) is 0 Å². The number of benzene rings is 1. The van der Waals surface area contributed by atoms with Crippen molar-refractivity contribution in [3.8, 4) is 0 Å². The van der Waals surface area contributed by atoms with Crippen molar-refractivity contribution in [3.05, 3.63) is 65.8 Å². The van der Waals surface area contributed by atoms with Gasteiger partial charge in [-0.3, -0.25) is 0 Å². The first kappa shape index (κ1) is 11.5. The van der Waals surface area contributed by atoms with Crippen LogP contribution in [0.5, 0.6) is 0 Å².